The molecular formula is C27H30N2O6. The first-order chi connectivity index (χ1) is 17.0. The number of alkyl carbamates (subject to hydrolysis) is 1. The van der Waals surface area contributed by atoms with Crippen LogP contribution >= 0.6 is 0 Å². The smallest absolute Gasteiger partial charge is 0.407 e. The lowest BCUT2D eigenvalue weighted by Crippen LogP contribution is -2.46. The lowest BCUT2D eigenvalue weighted by atomic mass is 9.90. The fourth-order valence-electron chi connectivity index (χ4n) is 4.78. The minimum Gasteiger partial charge on any atom is -0.480 e. The molecule has 3 atom stereocenters. The first-order valence-corrected chi connectivity index (χ1v) is 11.8. The fourth-order valence-corrected chi connectivity index (χ4v) is 4.78. The average molecular weight is 479 g/mol. The van der Waals surface area contributed by atoms with E-state index in [-0.39, 0.29) is 37.5 Å². The molecule has 8 heteroatoms. The number of allylic oxidation sites excluding steroid dienone is 1. The molecule has 0 heterocycles. The van der Waals surface area contributed by atoms with Crippen LogP contribution in [0.4, 0.5) is 4.79 Å². The zero-order chi connectivity index (χ0) is 24.8. The summed E-state index contributed by atoms with van der Waals surface area (Å²) in [5, 5.41) is 14.7. The Morgan fingerprint density at radius 1 is 1.06 bits per heavy atom. The van der Waals surface area contributed by atoms with E-state index in [4.69, 9.17) is 9.47 Å². The normalized spacial score (nSPS) is 19.3. The van der Waals surface area contributed by atoms with Crippen molar-refractivity contribution in [2.24, 2.45) is 5.92 Å². The highest BCUT2D eigenvalue weighted by molar-refractivity contribution is 5.85. The van der Waals surface area contributed by atoms with Crippen LogP contribution in [0.5, 0.6) is 0 Å². The van der Waals surface area contributed by atoms with Crippen LogP contribution in [0, 0.1) is 5.92 Å². The standard InChI is InChI=1S/C27H30N2O6/c1-34-14-13-24(26(31)32)29-25(30)17-7-6-8-18(15-17)28-27(33)35-16-23-21-11-4-2-9-19(21)20-10-3-5-12-22(20)23/h2-6,8-12,17-18,23-24H,7,13-16H2,1H3,(H,28,33)(H,29,30)(H,31,32). The lowest BCUT2D eigenvalue weighted by molar-refractivity contribution is -0.143. The molecule has 0 bridgehead atoms. The Hall–Kier alpha value is -3.65. The van der Waals surface area contributed by atoms with Gasteiger partial charge < -0.3 is 25.2 Å². The Kier molecular flexibility index (Phi) is 7.82. The van der Waals surface area contributed by atoms with Gasteiger partial charge in [-0.2, -0.15) is 0 Å². The van der Waals surface area contributed by atoms with E-state index >= 15 is 0 Å². The second-order valence-corrected chi connectivity index (χ2v) is 8.85. The van der Waals surface area contributed by atoms with Crippen LogP contribution in [0.2, 0.25) is 0 Å². The number of carboxylic acid groups (broad SMARTS) is 1. The third kappa shape index (κ3) is 5.71. The van der Waals surface area contributed by atoms with Gasteiger partial charge >= 0.3 is 12.1 Å². The van der Waals surface area contributed by atoms with Gasteiger partial charge in [0.05, 0.1) is 6.04 Å². The van der Waals surface area contributed by atoms with Crippen molar-refractivity contribution >= 4 is 18.0 Å². The molecule has 8 nitrogen and oxygen atoms in total. The number of carbonyl (C=O) groups is 3. The Morgan fingerprint density at radius 3 is 2.34 bits per heavy atom. The van der Waals surface area contributed by atoms with Crippen molar-refractivity contribution in [2.75, 3.05) is 20.3 Å². The van der Waals surface area contributed by atoms with Gasteiger partial charge in [-0.25, -0.2) is 9.59 Å². The van der Waals surface area contributed by atoms with E-state index in [2.05, 4.69) is 34.9 Å². The van der Waals surface area contributed by atoms with E-state index in [1.54, 1.807) is 0 Å². The molecule has 3 unspecified atom stereocenters. The number of fused-ring (bicyclic) bond motifs is 3. The summed E-state index contributed by atoms with van der Waals surface area (Å²) in [7, 11) is 1.48. The average Bonchev–Trinajstić information content (AvgIpc) is 3.19. The molecule has 0 radical (unpaired) electrons. The highest BCUT2D eigenvalue weighted by atomic mass is 16.5. The first kappa shape index (κ1) is 24.5. The van der Waals surface area contributed by atoms with Gasteiger partial charge in [-0.1, -0.05) is 60.7 Å². The maximum Gasteiger partial charge on any atom is 0.407 e. The van der Waals surface area contributed by atoms with Crippen LogP contribution in [-0.2, 0) is 19.1 Å². The number of aliphatic carboxylic acids is 1. The molecule has 2 aromatic carbocycles. The SMILES string of the molecule is COCCC(NC(=O)C1CC=CC(NC(=O)OCC2c3ccccc3-c3ccccc32)C1)C(=O)O. The minimum atomic E-state index is -1.10. The highest BCUT2D eigenvalue weighted by Crippen LogP contribution is 2.44. The number of amides is 2. The summed E-state index contributed by atoms with van der Waals surface area (Å²) >= 11 is 0. The van der Waals surface area contributed by atoms with E-state index in [0.29, 0.717) is 12.8 Å². The minimum absolute atomic E-state index is 0.0337. The van der Waals surface area contributed by atoms with Crippen molar-refractivity contribution in [3.05, 3.63) is 71.8 Å². The molecule has 2 aliphatic rings. The largest absolute Gasteiger partial charge is 0.480 e. The van der Waals surface area contributed by atoms with Crippen molar-refractivity contribution < 1.29 is 29.0 Å². The van der Waals surface area contributed by atoms with Crippen LogP contribution < -0.4 is 10.6 Å². The van der Waals surface area contributed by atoms with Gasteiger partial charge in [-0.3, -0.25) is 4.79 Å². The molecule has 0 spiro atoms. The topological polar surface area (TPSA) is 114 Å². The number of carboxylic acids is 1. The van der Waals surface area contributed by atoms with Crippen molar-refractivity contribution in [2.45, 2.75) is 37.3 Å². The number of nitrogens with one attached hydrogen (secondary N) is 2. The van der Waals surface area contributed by atoms with Crippen molar-refractivity contribution in [3.8, 4) is 11.1 Å². The van der Waals surface area contributed by atoms with E-state index < -0.39 is 24.0 Å². The first-order valence-electron chi connectivity index (χ1n) is 11.8. The Balaban J connectivity index is 1.31. The Bertz CT molecular complexity index is 1070. The van der Waals surface area contributed by atoms with Gasteiger partial charge in [0.15, 0.2) is 0 Å². The third-order valence-electron chi connectivity index (χ3n) is 6.57. The molecule has 184 valence electrons. The molecule has 35 heavy (non-hydrogen) atoms. The third-order valence-corrected chi connectivity index (χ3v) is 6.57. The zero-order valence-corrected chi connectivity index (χ0v) is 19.6. The second kappa shape index (κ2) is 11.2. The van der Waals surface area contributed by atoms with Gasteiger partial charge in [-0.15, -0.1) is 0 Å². The van der Waals surface area contributed by atoms with Gasteiger partial charge in [0.2, 0.25) is 5.91 Å². The molecular weight excluding hydrogens is 448 g/mol. The number of carbonyl (C=O) groups excluding carboxylic acids is 2. The molecule has 0 saturated carbocycles. The number of hydrogen-bond acceptors (Lipinski definition) is 5. The maximum atomic E-state index is 12.6. The maximum absolute atomic E-state index is 12.6. The van der Waals surface area contributed by atoms with Crippen LogP contribution in [0.15, 0.2) is 60.7 Å². The number of benzene rings is 2. The van der Waals surface area contributed by atoms with Crippen LogP contribution in [-0.4, -0.2) is 55.5 Å². The highest BCUT2D eigenvalue weighted by Gasteiger charge is 2.31. The summed E-state index contributed by atoms with van der Waals surface area (Å²) in [5.41, 5.74) is 4.59. The summed E-state index contributed by atoms with van der Waals surface area (Å²) in [6.45, 7) is 0.438. The van der Waals surface area contributed by atoms with Crippen molar-refractivity contribution in [1.82, 2.24) is 10.6 Å². The van der Waals surface area contributed by atoms with Crippen molar-refractivity contribution in [1.29, 1.82) is 0 Å². The molecule has 0 fully saturated rings. The summed E-state index contributed by atoms with van der Waals surface area (Å²) in [6, 6.07) is 14.9. The zero-order valence-electron chi connectivity index (χ0n) is 19.6. The molecule has 2 aliphatic carbocycles. The molecule has 2 amide bonds. The van der Waals surface area contributed by atoms with E-state index in [1.807, 2.05) is 36.4 Å². The Labute approximate surface area is 204 Å². The molecule has 0 aromatic heterocycles. The van der Waals surface area contributed by atoms with Gasteiger partial charge in [0.1, 0.15) is 12.6 Å². The van der Waals surface area contributed by atoms with E-state index in [0.717, 1.165) is 22.3 Å². The van der Waals surface area contributed by atoms with Gasteiger partial charge in [0, 0.05) is 32.0 Å². The predicted octanol–water partition coefficient (Wildman–Crippen LogP) is 3.47. The quantitative estimate of drug-likeness (QED) is 0.476. The van der Waals surface area contributed by atoms with E-state index in [1.165, 1.54) is 7.11 Å². The number of ether oxygens (including phenoxy) is 2. The summed E-state index contributed by atoms with van der Waals surface area (Å²) < 4.78 is 10.5. The summed E-state index contributed by atoms with van der Waals surface area (Å²) in [4.78, 5) is 36.7. The van der Waals surface area contributed by atoms with Gasteiger partial charge in [-0.05, 0) is 35.1 Å². The molecule has 3 N–H and O–H groups in total. The van der Waals surface area contributed by atoms with Gasteiger partial charge in [0.25, 0.3) is 0 Å². The predicted molar refractivity (Wildman–Crippen MR) is 130 cm³/mol. The molecule has 0 aliphatic heterocycles. The van der Waals surface area contributed by atoms with Crippen LogP contribution in [0.1, 0.15) is 36.3 Å². The second-order valence-electron chi connectivity index (χ2n) is 8.85. The van der Waals surface area contributed by atoms with E-state index in [9.17, 15) is 19.5 Å². The fraction of sp³-hybridized carbons (Fsp3) is 0.370. The summed E-state index contributed by atoms with van der Waals surface area (Å²) in [6.07, 6.45) is 4.14. The number of rotatable bonds is 9. The lowest BCUT2D eigenvalue weighted by Gasteiger charge is -2.26. The molecule has 2 aromatic rings. The number of methoxy groups -OCH3 is 1. The summed E-state index contributed by atoms with van der Waals surface area (Å²) in [5.74, 6) is -1.93. The molecule has 4 rings (SSSR count). The molecule has 0 saturated heterocycles. The number of hydrogen-bond donors (Lipinski definition) is 3. The van der Waals surface area contributed by atoms with Crippen LogP contribution in [0.25, 0.3) is 11.1 Å². The monoisotopic (exact) mass is 478 g/mol. The van der Waals surface area contributed by atoms with Crippen LogP contribution in [0.3, 0.4) is 0 Å². The van der Waals surface area contributed by atoms with Crippen molar-refractivity contribution in [3.63, 3.8) is 0 Å². The Morgan fingerprint density at radius 2 is 1.71 bits per heavy atom.